The van der Waals surface area contributed by atoms with Gasteiger partial charge in [-0.25, -0.2) is 4.79 Å². The van der Waals surface area contributed by atoms with Crippen LogP contribution in [0.15, 0.2) is 140 Å². The van der Waals surface area contributed by atoms with Crippen LogP contribution in [0.4, 0.5) is 11.4 Å². The molecular weight excluding hydrogens is 484 g/mol. The number of benzene rings is 5. The van der Waals surface area contributed by atoms with Crippen molar-refractivity contribution < 1.29 is 14.3 Å². The number of esters is 1. The fourth-order valence-corrected chi connectivity index (χ4v) is 4.99. The molecule has 0 aromatic heterocycles. The summed E-state index contributed by atoms with van der Waals surface area (Å²) in [5.74, 6) is -0.0385. The standard InChI is InChI=1S/C34H26N2O3/c37-33-30-18-10-11-19-31(30)35(24-25-12-4-1-5-13-25)32(36(33)28-16-8-3-9-17-28)26-20-22-29(23-21-26)39-34(38)27-14-6-2-7-15-27/h1-23,32H,24H2/t32-/m0/s1. The van der Waals surface area contributed by atoms with E-state index < -0.39 is 12.1 Å². The van der Waals surface area contributed by atoms with Gasteiger partial charge in [0.1, 0.15) is 11.9 Å². The van der Waals surface area contributed by atoms with E-state index >= 15 is 0 Å². The smallest absolute Gasteiger partial charge is 0.343 e. The summed E-state index contributed by atoms with van der Waals surface area (Å²) in [5.41, 5.74) is 4.86. The van der Waals surface area contributed by atoms with Crippen LogP contribution in [0.3, 0.4) is 0 Å². The second-order valence-corrected chi connectivity index (χ2v) is 9.34. The molecule has 0 saturated carbocycles. The number of fused-ring (bicyclic) bond motifs is 1. The SMILES string of the molecule is O=C(Oc1ccc([C@H]2N(Cc3ccccc3)c3ccccc3C(=O)N2c2ccccc2)cc1)c1ccccc1. The Morgan fingerprint density at radius 2 is 1.26 bits per heavy atom. The van der Waals surface area contributed by atoms with Crippen LogP contribution in [0.5, 0.6) is 5.75 Å². The summed E-state index contributed by atoms with van der Waals surface area (Å²) >= 11 is 0. The van der Waals surface area contributed by atoms with Crippen molar-refractivity contribution in [3.63, 3.8) is 0 Å². The molecular formula is C34H26N2O3. The molecule has 1 amide bonds. The van der Waals surface area contributed by atoms with Crippen molar-refractivity contribution in [3.8, 4) is 5.75 Å². The van der Waals surface area contributed by atoms with Gasteiger partial charge in [0.15, 0.2) is 0 Å². The molecule has 0 bridgehead atoms. The zero-order chi connectivity index (χ0) is 26.6. The molecule has 0 saturated heterocycles. The van der Waals surface area contributed by atoms with E-state index in [9.17, 15) is 9.59 Å². The van der Waals surface area contributed by atoms with Crippen molar-refractivity contribution in [1.82, 2.24) is 0 Å². The molecule has 1 heterocycles. The molecule has 190 valence electrons. The summed E-state index contributed by atoms with van der Waals surface area (Å²) < 4.78 is 5.62. The van der Waals surface area contributed by atoms with Crippen molar-refractivity contribution in [2.45, 2.75) is 12.7 Å². The van der Waals surface area contributed by atoms with Gasteiger partial charge in [0, 0.05) is 12.2 Å². The van der Waals surface area contributed by atoms with Gasteiger partial charge >= 0.3 is 5.97 Å². The zero-order valence-corrected chi connectivity index (χ0v) is 21.2. The number of para-hydroxylation sites is 2. The van der Waals surface area contributed by atoms with Crippen molar-refractivity contribution in [1.29, 1.82) is 0 Å². The summed E-state index contributed by atoms with van der Waals surface area (Å²) in [5, 5.41) is 0. The predicted molar refractivity (Wildman–Crippen MR) is 153 cm³/mol. The lowest BCUT2D eigenvalue weighted by atomic mass is 9.99. The lowest BCUT2D eigenvalue weighted by Gasteiger charge is -2.46. The number of anilines is 2. The molecule has 0 N–H and O–H groups in total. The summed E-state index contributed by atoms with van der Waals surface area (Å²) in [6.45, 7) is 0.601. The van der Waals surface area contributed by atoms with Gasteiger partial charge in [0.05, 0.1) is 16.8 Å². The fraction of sp³-hybridized carbons (Fsp3) is 0.0588. The van der Waals surface area contributed by atoms with Crippen LogP contribution in [0, 0.1) is 0 Å². The molecule has 1 aliphatic rings. The number of hydrogen-bond acceptors (Lipinski definition) is 4. The largest absolute Gasteiger partial charge is 0.423 e. The van der Waals surface area contributed by atoms with Gasteiger partial charge in [-0.3, -0.25) is 9.69 Å². The van der Waals surface area contributed by atoms with Gasteiger partial charge in [-0.1, -0.05) is 91.0 Å². The first-order valence-electron chi connectivity index (χ1n) is 12.8. The Labute approximate surface area is 227 Å². The second-order valence-electron chi connectivity index (χ2n) is 9.34. The van der Waals surface area contributed by atoms with Crippen LogP contribution in [0.25, 0.3) is 0 Å². The zero-order valence-electron chi connectivity index (χ0n) is 21.2. The highest BCUT2D eigenvalue weighted by molar-refractivity contribution is 6.12. The van der Waals surface area contributed by atoms with E-state index in [-0.39, 0.29) is 5.91 Å². The van der Waals surface area contributed by atoms with Crippen LogP contribution < -0.4 is 14.5 Å². The first kappa shape index (κ1) is 24.2. The van der Waals surface area contributed by atoms with Gasteiger partial charge in [-0.15, -0.1) is 0 Å². The normalized spacial score (nSPS) is 14.6. The number of amides is 1. The third-order valence-corrected chi connectivity index (χ3v) is 6.83. The molecule has 5 nitrogen and oxygen atoms in total. The molecule has 0 spiro atoms. The molecule has 1 atom stereocenters. The number of hydrogen-bond donors (Lipinski definition) is 0. The third-order valence-electron chi connectivity index (χ3n) is 6.83. The molecule has 5 aromatic carbocycles. The molecule has 5 aromatic rings. The maximum atomic E-state index is 14.0. The minimum Gasteiger partial charge on any atom is -0.423 e. The predicted octanol–water partition coefficient (Wildman–Crippen LogP) is 7.27. The van der Waals surface area contributed by atoms with E-state index in [4.69, 9.17) is 4.74 Å². The van der Waals surface area contributed by atoms with Crippen LogP contribution in [-0.2, 0) is 6.54 Å². The van der Waals surface area contributed by atoms with Crippen LogP contribution >= 0.6 is 0 Å². The van der Waals surface area contributed by atoms with Crippen LogP contribution in [0.1, 0.15) is 38.0 Å². The maximum absolute atomic E-state index is 14.0. The van der Waals surface area contributed by atoms with Crippen LogP contribution in [0.2, 0.25) is 0 Å². The Kier molecular flexibility index (Phi) is 6.62. The number of rotatable bonds is 6. The van der Waals surface area contributed by atoms with E-state index in [1.54, 1.807) is 36.4 Å². The third kappa shape index (κ3) is 4.90. The van der Waals surface area contributed by atoms with E-state index in [0.29, 0.717) is 23.4 Å². The average molecular weight is 511 g/mol. The van der Waals surface area contributed by atoms with E-state index in [0.717, 1.165) is 22.5 Å². The van der Waals surface area contributed by atoms with Crippen molar-refractivity contribution in [2.24, 2.45) is 0 Å². The highest BCUT2D eigenvalue weighted by atomic mass is 16.5. The summed E-state index contributed by atoms with van der Waals surface area (Å²) in [6.07, 6.45) is -0.422. The number of nitrogens with zero attached hydrogens (tertiary/aromatic N) is 2. The van der Waals surface area contributed by atoms with Gasteiger partial charge in [-0.05, 0) is 59.7 Å². The summed E-state index contributed by atoms with van der Waals surface area (Å²) in [6, 6.07) is 44.0. The highest BCUT2D eigenvalue weighted by Crippen LogP contribution is 2.42. The van der Waals surface area contributed by atoms with E-state index in [1.807, 2.05) is 95.9 Å². The Morgan fingerprint density at radius 1 is 0.667 bits per heavy atom. The lowest BCUT2D eigenvalue weighted by Crippen LogP contribution is -2.49. The average Bonchev–Trinajstić information content (AvgIpc) is 3.00. The summed E-state index contributed by atoms with van der Waals surface area (Å²) in [7, 11) is 0. The molecule has 6 rings (SSSR count). The maximum Gasteiger partial charge on any atom is 0.343 e. The molecule has 0 fully saturated rings. The Hall–Kier alpha value is -5.16. The van der Waals surface area contributed by atoms with Gasteiger partial charge in [0.25, 0.3) is 5.91 Å². The van der Waals surface area contributed by atoms with Crippen LogP contribution in [-0.4, -0.2) is 11.9 Å². The fourth-order valence-electron chi connectivity index (χ4n) is 4.99. The lowest BCUT2D eigenvalue weighted by molar-refractivity contribution is 0.0734. The molecule has 0 unspecified atom stereocenters. The summed E-state index contributed by atoms with van der Waals surface area (Å²) in [4.78, 5) is 30.7. The quantitative estimate of drug-likeness (QED) is 0.178. The van der Waals surface area contributed by atoms with Crippen molar-refractivity contribution in [3.05, 3.63) is 162 Å². The molecule has 0 aliphatic carbocycles. The van der Waals surface area contributed by atoms with Crippen molar-refractivity contribution in [2.75, 3.05) is 9.80 Å². The number of carbonyl (C=O) groups excluding carboxylic acids is 2. The number of ether oxygens (including phenoxy) is 1. The minimum absolute atomic E-state index is 0.0642. The minimum atomic E-state index is -0.422. The molecule has 5 heteroatoms. The van der Waals surface area contributed by atoms with Gasteiger partial charge in [0.2, 0.25) is 0 Å². The molecule has 39 heavy (non-hydrogen) atoms. The first-order chi connectivity index (χ1) is 19.2. The van der Waals surface area contributed by atoms with Gasteiger partial charge < -0.3 is 9.64 Å². The van der Waals surface area contributed by atoms with Gasteiger partial charge in [-0.2, -0.15) is 0 Å². The second kappa shape index (κ2) is 10.7. The van der Waals surface area contributed by atoms with E-state index in [1.165, 1.54) is 0 Å². The Morgan fingerprint density at radius 3 is 1.95 bits per heavy atom. The monoisotopic (exact) mass is 510 g/mol. The van der Waals surface area contributed by atoms with Crippen molar-refractivity contribution >= 4 is 23.3 Å². The molecule has 1 aliphatic heterocycles. The first-order valence-corrected chi connectivity index (χ1v) is 12.8. The topological polar surface area (TPSA) is 49.9 Å². The Bertz CT molecular complexity index is 1590. The Balaban J connectivity index is 1.42. The van der Waals surface area contributed by atoms with E-state index in [2.05, 4.69) is 17.0 Å². The number of carbonyl (C=O) groups is 2. The molecule has 0 radical (unpaired) electrons. The highest BCUT2D eigenvalue weighted by Gasteiger charge is 2.39.